The van der Waals surface area contributed by atoms with Gasteiger partial charge < -0.3 is 42.4 Å². The van der Waals surface area contributed by atoms with Crippen LogP contribution in [0, 0.1) is 5.92 Å². The fourth-order valence-electron chi connectivity index (χ4n) is 3.86. The Hall–Kier alpha value is -3.31. The van der Waals surface area contributed by atoms with Gasteiger partial charge in [0.25, 0.3) is 0 Å². The lowest BCUT2D eigenvalue weighted by Gasteiger charge is -2.27. The maximum absolute atomic E-state index is 13.3. The smallest absolute Gasteiger partial charge is 0.244 e. The van der Waals surface area contributed by atoms with E-state index in [4.69, 9.17) is 5.73 Å². The van der Waals surface area contributed by atoms with E-state index in [0.717, 1.165) is 0 Å². The number of hydrogen-bond donors (Lipinski definition) is 8. The fourth-order valence-corrected chi connectivity index (χ4v) is 6.02. The first-order chi connectivity index (χ1) is 19.8. The molecule has 1 fully saturated rings. The second kappa shape index (κ2) is 17.0. The molecule has 234 valence electrons. The van der Waals surface area contributed by atoms with Crippen LogP contribution in [0.1, 0.15) is 33.4 Å². The van der Waals surface area contributed by atoms with Crippen molar-refractivity contribution in [1.82, 2.24) is 36.6 Å². The van der Waals surface area contributed by atoms with Crippen LogP contribution in [-0.4, -0.2) is 110 Å². The molecule has 1 aliphatic heterocycles. The molecular weight excluding hydrogens is 588 g/mol. The third-order valence-corrected chi connectivity index (χ3v) is 8.52. The number of amides is 6. The number of rotatable bonds is 5. The average Bonchev–Trinajstić information content (AvgIpc) is 3.42. The number of nitrogens with two attached hydrogens (primary N) is 1. The molecule has 2 heterocycles. The molecule has 0 radical (unpaired) electrons. The first-order valence-corrected chi connectivity index (χ1v) is 15.7. The Bertz CT molecular complexity index is 1100. The van der Waals surface area contributed by atoms with Crippen LogP contribution in [0.5, 0.6) is 0 Å². The van der Waals surface area contributed by atoms with Crippen molar-refractivity contribution in [2.45, 2.75) is 70.4 Å². The van der Waals surface area contributed by atoms with Crippen LogP contribution in [0.2, 0.25) is 0 Å². The number of thioether (sulfide) groups is 2. The highest BCUT2D eigenvalue weighted by atomic mass is 32.2. The Labute approximate surface area is 252 Å². The van der Waals surface area contributed by atoms with Gasteiger partial charge in [-0.05, 0) is 12.8 Å². The van der Waals surface area contributed by atoms with Gasteiger partial charge in [0.2, 0.25) is 35.4 Å². The van der Waals surface area contributed by atoms with Crippen LogP contribution < -0.4 is 32.3 Å². The Kier molecular flexibility index (Phi) is 14.1. The van der Waals surface area contributed by atoms with Crippen molar-refractivity contribution < 1.29 is 33.9 Å². The van der Waals surface area contributed by atoms with Crippen LogP contribution in [0.4, 0.5) is 0 Å². The standard InChI is InChI=1S/C25H40N8O7S2/c1-12(2)20-25(40)32-18(21(26)36)9-41-7-16(35)8-42-10-19(30-14(4)34)24(39)31-17(5-15-6-27-11-28-15)23(38)29-13(3)22(37)33-20/h6,11-13,16-20,35H,5,7-10H2,1-4H3,(H2,26,36)(H,27,28)(H,29,38)(H,30,34)(H,31,39)(H,32,40)(H,33,37)/t13-,16?,17-,18?,19?,20-/m0/s1. The molecule has 9 N–H and O–H groups in total. The molecule has 1 aromatic rings. The summed E-state index contributed by atoms with van der Waals surface area (Å²) in [7, 11) is 0. The predicted molar refractivity (Wildman–Crippen MR) is 158 cm³/mol. The van der Waals surface area contributed by atoms with Gasteiger partial charge in [0.05, 0.1) is 18.1 Å². The SMILES string of the molecule is CC(=O)NC1CSCC(O)CSCC(C(N)=O)NC(=O)[C@H](C(C)C)NC(=O)[C@H](C)NC(=O)[C@H](Cc2c[nH]cn2)NC1=O. The summed E-state index contributed by atoms with van der Waals surface area (Å²) >= 11 is 2.42. The number of H-pyrrole nitrogens is 1. The number of carbonyl (C=O) groups is 6. The predicted octanol–water partition coefficient (Wildman–Crippen LogP) is -2.60. The summed E-state index contributed by atoms with van der Waals surface area (Å²) in [4.78, 5) is 83.3. The van der Waals surface area contributed by atoms with E-state index < -0.39 is 71.8 Å². The molecule has 1 saturated heterocycles. The van der Waals surface area contributed by atoms with E-state index in [0.29, 0.717) is 5.69 Å². The van der Waals surface area contributed by atoms with Crippen LogP contribution >= 0.6 is 23.5 Å². The lowest BCUT2D eigenvalue weighted by atomic mass is 10.0. The van der Waals surface area contributed by atoms with Gasteiger partial charge in [-0.1, -0.05) is 13.8 Å². The zero-order valence-electron chi connectivity index (χ0n) is 24.0. The molecule has 0 aromatic carbocycles. The Balaban J connectivity index is 2.34. The van der Waals surface area contributed by atoms with Crippen molar-refractivity contribution in [3.63, 3.8) is 0 Å². The van der Waals surface area contributed by atoms with Gasteiger partial charge in [-0.3, -0.25) is 28.8 Å². The van der Waals surface area contributed by atoms with Gasteiger partial charge in [0, 0.05) is 42.6 Å². The molecule has 0 saturated carbocycles. The molecule has 0 bridgehead atoms. The van der Waals surface area contributed by atoms with Crippen LogP contribution in [-0.2, 0) is 35.2 Å². The van der Waals surface area contributed by atoms with Crippen molar-refractivity contribution in [2.75, 3.05) is 23.0 Å². The number of aliphatic hydroxyl groups is 1. The van der Waals surface area contributed by atoms with E-state index in [-0.39, 0.29) is 35.4 Å². The lowest BCUT2D eigenvalue weighted by Crippen LogP contribution is -2.60. The van der Waals surface area contributed by atoms with Crippen molar-refractivity contribution in [1.29, 1.82) is 0 Å². The number of nitrogens with zero attached hydrogens (tertiary/aromatic N) is 1. The molecule has 0 spiro atoms. The monoisotopic (exact) mass is 628 g/mol. The summed E-state index contributed by atoms with van der Waals surface area (Å²) in [5, 5.41) is 23.4. The number of imidazole rings is 1. The number of aliphatic hydroxyl groups excluding tert-OH is 1. The summed E-state index contributed by atoms with van der Waals surface area (Å²) in [6, 6.07) is -5.39. The quantitative estimate of drug-likeness (QED) is 0.169. The summed E-state index contributed by atoms with van der Waals surface area (Å²) in [5.74, 6) is -3.64. The molecule has 6 amide bonds. The van der Waals surface area contributed by atoms with E-state index in [1.807, 2.05) is 0 Å². The molecule has 15 nitrogen and oxygen atoms in total. The Morgan fingerprint density at radius 3 is 2.24 bits per heavy atom. The molecule has 2 rings (SSSR count). The Morgan fingerprint density at radius 1 is 1.00 bits per heavy atom. The van der Waals surface area contributed by atoms with E-state index >= 15 is 0 Å². The zero-order chi connectivity index (χ0) is 31.4. The molecular formula is C25H40N8O7S2. The number of primary amides is 1. The summed E-state index contributed by atoms with van der Waals surface area (Å²) in [5.41, 5.74) is 5.95. The summed E-state index contributed by atoms with van der Waals surface area (Å²) in [6.45, 7) is 6.09. The molecule has 1 aromatic heterocycles. The third-order valence-electron chi connectivity index (χ3n) is 6.14. The van der Waals surface area contributed by atoms with Crippen molar-refractivity contribution in [3.8, 4) is 0 Å². The second-order valence-corrected chi connectivity index (χ2v) is 12.4. The van der Waals surface area contributed by atoms with Gasteiger partial charge in [0.1, 0.15) is 30.2 Å². The number of aromatic amines is 1. The minimum atomic E-state index is -1.16. The normalized spacial score (nSPS) is 27.7. The number of nitrogens with one attached hydrogen (secondary N) is 6. The van der Waals surface area contributed by atoms with E-state index in [9.17, 15) is 33.9 Å². The number of aromatic nitrogens is 2. The highest BCUT2D eigenvalue weighted by Gasteiger charge is 2.32. The minimum absolute atomic E-state index is 0.0170. The molecule has 3 unspecified atom stereocenters. The maximum Gasteiger partial charge on any atom is 0.244 e. The zero-order valence-corrected chi connectivity index (χ0v) is 25.6. The van der Waals surface area contributed by atoms with Gasteiger partial charge in [0.15, 0.2) is 0 Å². The van der Waals surface area contributed by atoms with Gasteiger partial charge in [-0.25, -0.2) is 4.98 Å². The fraction of sp³-hybridized carbons (Fsp3) is 0.640. The van der Waals surface area contributed by atoms with Crippen molar-refractivity contribution >= 4 is 59.0 Å². The summed E-state index contributed by atoms with van der Waals surface area (Å²) in [6.07, 6.45) is 2.12. The van der Waals surface area contributed by atoms with E-state index in [1.54, 1.807) is 20.0 Å². The van der Waals surface area contributed by atoms with Crippen LogP contribution in [0.15, 0.2) is 12.5 Å². The molecule has 17 heteroatoms. The first kappa shape index (κ1) is 34.9. The van der Waals surface area contributed by atoms with Crippen LogP contribution in [0.25, 0.3) is 0 Å². The maximum atomic E-state index is 13.3. The number of hydrogen-bond acceptors (Lipinski definition) is 10. The molecule has 6 atom stereocenters. The van der Waals surface area contributed by atoms with Gasteiger partial charge >= 0.3 is 0 Å². The summed E-state index contributed by atoms with van der Waals surface area (Å²) < 4.78 is 0. The second-order valence-electron chi connectivity index (χ2n) is 10.2. The van der Waals surface area contributed by atoms with Crippen molar-refractivity contribution in [2.24, 2.45) is 11.7 Å². The topological polar surface area (TPSA) is 237 Å². The average molecular weight is 629 g/mol. The molecule has 1 aliphatic rings. The molecule has 0 aliphatic carbocycles. The third kappa shape index (κ3) is 11.5. The van der Waals surface area contributed by atoms with Crippen molar-refractivity contribution in [3.05, 3.63) is 18.2 Å². The minimum Gasteiger partial charge on any atom is -0.391 e. The first-order valence-electron chi connectivity index (χ1n) is 13.4. The van der Waals surface area contributed by atoms with Gasteiger partial charge in [-0.2, -0.15) is 23.5 Å². The highest BCUT2D eigenvalue weighted by molar-refractivity contribution is 8.00. The molecule has 42 heavy (non-hydrogen) atoms. The highest BCUT2D eigenvalue weighted by Crippen LogP contribution is 2.13. The van der Waals surface area contributed by atoms with Gasteiger partial charge in [-0.15, -0.1) is 0 Å². The van der Waals surface area contributed by atoms with E-state index in [2.05, 4.69) is 36.6 Å². The number of carbonyl (C=O) groups excluding carboxylic acids is 6. The van der Waals surface area contributed by atoms with Crippen LogP contribution in [0.3, 0.4) is 0 Å². The van der Waals surface area contributed by atoms with E-state index in [1.165, 1.54) is 43.7 Å². The Morgan fingerprint density at radius 2 is 1.67 bits per heavy atom. The largest absolute Gasteiger partial charge is 0.391 e. The lowest BCUT2D eigenvalue weighted by molar-refractivity contribution is -0.135.